The molecule has 1 aromatic heterocycles. The van der Waals surface area contributed by atoms with Crippen LogP contribution < -0.4 is 10.0 Å². The first kappa shape index (κ1) is 14.9. The molecule has 98 valence electrons. The number of hydrogen-bond acceptors (Lipinski definition) is 4. The van der Waals surface area contributed by atoms with Crippen LogP contribution in [0.4, 0.5) is 0 Å². The van der Waals surface area contributed by atoms with Crippen molar-refractivity contribution in [3.8, 4) is 0 Å². The van der Waals surface area contributed by atoms with E-state index < -0.39 is 10.0 Å². The fraction of sp³-hybridized carbons (Fsp3) is 0.600. The fourth-order valence-electron chi connectivity index (χ4n) is 1.73. The number of hydrogen-bond donors (Lipinski definition) is 2. The Kier molecular flexibility index (Phi) is 5.40. The molecule has 1 saturated heterocycles. The van der Waals surface area contributed by atoms with Gasteiger partial charge in [0.15, 0.2) is 0 Å². The highest BCUT2D eigenvalue weighted by Gasteiger charge is 2.23. The van der Waals surface area contributed by atoms with E-state index in [0.717, 1.165) is 30.8 Å². The van der Waals surface area contributed by atoms with Crippen LogP contribution in [0.1, 0.15) is 18.2 Å². The van der Waals surface area contributed by atoms with E-state index in [-0.39, 0.29) is 18.4 Å². The summed E-state index contributed by atoms with van der Waals surface area (Å²) in [6.07, 6.45) is 1.75. The van der Waals surface area contributed by atoms with Gasteiger partial charge in [-0.05, 0) is 31.5 Å². The minimum Gasteiger partial charge on any atom is -0.315 e. The third-order valence-corrected chi connectivity index (χ3v) is 5.87. The normalized spacial score (nSPS) is 20.2. The molecule has 0 amide bonds. The van der Waals surface area contributed by atoms with Gasteiger partial charge in [-0.15, -0.1) is 23.7 Å². The highest BCUT2D eigenvalue weighted by Crippen LogP contribution is 2.22. The lowest BCUT2D eigenvalue weighted by atomic mass is 10.3. The lowest BCUT2D eigenvalue weighted by molar-refractivity contribution is 0.562. The maximum atomic E-state index is 12.0. The molecule has 2 rings (SSSR count). The van der Waals surface area contributed by atoms with Gasteiger partial charge in [0.1, 0.15) is 4.21 Å². The summed E-state index contributed by atoms with van der Waals surface area (Å²) in [5, 5.41) is 3.14. The largest absolute Gasteiger partial charge is 0.315 e. The van der Waals surface area contributed by atoms with Crippen molar-refractivity contribution >= 4 is 33.8 Å². The molecule has 0 radical (unpaired) electrons. The summed E-state index contributed by atoms with van der Waals surface area (Å²) < 4.78 is 27.1. The standard InChI is InChI=1S/C10H16N2O2S2.ClH/c1-2-9-3-4-10(15-9)16(13,14)12-8-5-6-11-7-8;/h3-4,8,11-12H,2,5-7H2,1H3;1H. The van der Waals surface area contributed by atoms with Crippen LogP contribution in [0.15, 0.2) is 16.3 Å². The second-order valence-corrected chi connectivity index (χ2v) is 6.99. The smallest absolute Gasteiger partial charge is 0.250 e. The van der Waals surface area contributed by atoms with E-state index in [1.807, 2.05) is 13.0 Å². The van der Waals surface area contributed by atoms with Crippen LogP contribution in [-0.2, 0) is 16.4 Å². The van der Waals surface area contributed by atoms with Crippen molar-refractivity contribution in [2.75, 3.05) is 13.1 Å². The van der Waals surface area contributed by atoms with E-state index in [9.17, 15) is 8.42 Å². The monoisotopic (exact) mass is 296 g/mol. The minimum atomic E-state index is -3.30. The van der Waals surface area contributed by atoms with Gasteiger partial charge in [0.2, 0.25) is 10.0 Å². The third kappa shape index (κ3) is 3.66. The van der Waals surface area contributed by atoms with Crippen molar-refractivity contribution in [2.24, 2.45) is 0 Å². The number of thiophene rings is 1. The zero-order valence-electron chi connectivity index (χ0n) is 9.60. The van der Waals surface area contributed by atoms with Crippen LogP contribution in [0.25, 0.3) is 0 Å². The van der Waals surface area contributed by atoms with Crippen molar-refractivity contribution in [3.05, 3.63) is 17.0 Å². The first-order valence-electron chi connectivity index (χ1n) is 5.43. The zero-order chi connectivity index (χ0) is 11.6. The maximum absolute atomic E-state index is 12.0. The minimum absolute atomic E-state index is 0. The predicted octanol–water partition coefficient (Wildman–Crippen LogP) is 1.37. The Hall–Kier alpha value is -0.140. The number of rotatable bonds is 4. The summed E-state index contributed by atoms with van der Waals surface area (Å²) in [6, 6.07) is 3.61. The molecule has 2 N–H and O–H groups in total. The molecule has 1 aliphatic rings. The molecule has 2 heterocycles. The lowest BCUT2D eigenvalue weighted by Gasteiger charge is -2.10. The quantitative estimate of drug-likeness (QED) is 0.882. The molecule has 1 fully saturated rings. The Morgan fingerprint density at radius 1 is 1.53 bits per heavy atom. The van der Waals surface area contributed by atoms with Crippen molar-refractivity contribution < 1.29 is 8.42 Å². The number of halogens is 1. The molecule has 0 bridgehead atoms. The summed E-state index contributed by atoms with van der Waals surface area (Å²) in [6.45, 7) is 3.64. The molecule has 17 heavy (non-hydrogen) atoms. The molecule has 0 aromatic carbocycles. The summed E-state index contributed by atoms with van der Waals surface area (Å²) >= 11 is 1.35. The molecule has 0 aliphatic carbocycles. The molecule has 4 nitrogen and oxygen atoms in total. The van der Waals surface area contributed by atoms with Gasteiger partial charge in [-0.25, -0.2) is 13.1 Å². The SMILES string of the molecule is CCc1ccc(S(=O)(=O)NC2CCNC2)s1.Cl. The molecule has 1 unspecified atom stereocenters. The van der Waals surface area contributed by atoms with Gasteiger partial charge >= 0.3 is 0 Å². The van der Waals surface area contributed by atoms with Crippen LogP contribution in [-0.4, -0.2) is 27.5 Å². The Balaban J connectivity index is 0.00000144. The highest BCUT2D eigenvalue weighted by atomic mass is 35.5. The average Bonchev–Trinajstić information content (AvgIpc) is 2.85. The van der Waals surface area contributed by atoms with E-state index in [1.165, 1.54) is 11.3 Å². The molecule has 1 atom stereocenters. The highest BCUT2D eigenvalue weighted by molar-refractivity contribution is 7.91. The lowest BCUT2D eigenvalue weighted by Crippen LogP contribution is -2.35. The molecular weight excluding hydrogens is 280 g/mol. The Labute approximate surface area is 112 Å². The van der Waals surface area contributed by atoms with Crippen molar-refractivity contribution in [1.29, 1.82) is 0 Å². The number of sulfonamides is 1. The van der Waals surface area contributed by atoms with E-state index in [0.29, 0.717) is 4.21 Å². The molecular formula is C10H17ClN2O2S2. The summed E-state index contributed by atoms with van der Waals surface area (Å²) in [5.41, 5.74) is 0. The van der Waals surface area contributed by atoms with Crippen LogP contribution in [0.2, 0.25) is 0 Å². The Bertz CT molecular complexity index is 453. The third-order valence-electron chi connectivity index (χ3n) is 2.63. The van der Waals surface area contributed by atoms with Crippen LogP contribution >= 0.6 is 23.7 Å². The topological polar surface area (TPSA) is 58.2 Å². The van der Waals surface area contributed by atoms with E-state index in [1.54, 1.807) is 6.07 Å². The van der Waals surface area contributed by atoms with E-state index in [2.05, 4.69) is 10.0 Å². The summed E-state index contributed by atoms with van der Waals surface area (Å²) in [7, 11) is -3.30. The van der Waals surface area contributed by atoms with Crippen molar-refractivity contribution in [1.82, 2.24) is 10.0 Å². The second-order valence-electron chi connectivity index (χ2n) is 3.89. The Morgan fingerprint density at radius 3 is 2.82 bits per heavy atom. The van der Waals surface area contributed by atoms with Crippen LogP contribution in [0, 0.1) is 0 Å². The van der Waals surface area contributed by atoms with Gasteiger partial charge in [-0.3, -0.25) is 0 Å². The number of nitrogens with one attached hydrogen (secondary N) is 2. The first-order chi connectivity index (χ1) is 7.62. The van der Waals surface area contributed by atoms with Gasteiger partial charge in [0.25, 0.3) is 0 Å². The van der Waals surface area contributed by atoms with Gasteiger partial charge < -0.3 is 5.32 Å². The predicted molar refractivity (Wildman–Crippen MR) is 72.5 cm³/mol. The second kappa shape index (κ2) is 6.15. The van der Waals surface area contributed by atoms with Gasteiger partial charge in [0.05, 0.1) is 0 Å². The van der Waals surface area contributed by atoms with E-state index in [4.69, 9.17) is 0 Å². The number of aryl methyl sites for hydroxylation is 1. The molecule has 7 heteroatoms. The Morgan fingerprint density at radius 2 is 2.29 bits per heavy atom. The summed E-state index contributed by atoms with van der Waals surface area (Å²) in [4.78, 5) is 1.10. The molecule has 1 aliphatic heterocycles. The average molecular weight is 297 g/mol. The van der Waals surface area contributed by atoms with Crippen molar-refractivity contribution in [3.63, 3.8) is 0 Å². The van der Waals surface area contributed by atoms with Crippen LogP contribution in [0.3, 0.4) is 0 Å². The van der Waals surface area contributed by atoms with Crippen LogP contribution in [0.5, 0.6) is 0 Å². The molecule has 0 spiro atoms. The fourth-order valence-corrected chi connectivity index (χ4v) is 4.31. The maximum Gasteiger partial charge on any atom is 0.250 e. The molecule has 0 saturated carbocycles. The van der Waals surface area contributed by atoms with Gasteiger partial charge in [-0.1, -0.05) is 6.92 Å². The van der Waals surface area contributed by atoms with Gasteiger partial charge in [0, 0.05) is 17.5 Å². The van der Waals surface area contributed by atoms with Gasteiger partial charge in [-0.2, -0.15) is 0 Å². The summed E-state index contributed by atoms with van der Waals surface area (Å²) in [5.74, 6) is 0. The molecule has 1 aromatic rings. The van der Waals surface area contributed by atoms with Crippen molar-refractivity contribution in [2.45, 2.75) is 30.0 Å². The zero-order valence-corrected chi connectivity index (χ0v) is 12.1. The first-order valence-corrected chi connectivity index (χ1v) is 7.73. The van der Waals surface area contributed by atoms with E-state index >= 15 is 0 Å².